The number of methoxy groups -OCH3 is 2. The Balaban J connectivity index is 0.000000147. The Morgan fingerprint density at radius 1 is 0.600 bits per heavy atom. The van der Waals surface area contributed by atoms with Crippen LogP contribution < -0.4 is 51.1 Å². The number of hydrogen-bond donors (Lipinski definition) is 5. The molecule has 1 atom stereocenters. The van der Waals surface area contributed by atoms with Gasteiger partial charge in [-0.15, -0.1) is 0 Å². The molecule has 28 nitrogen and oxygen atoms in total. The van der Waals surface area contributed by atoms with Crippen molar-refractivity contribution in [3.63, 3.8) is 0 Å². The normalized spacial score (nSPS) is 14.2. The third kappa shape index (κ3) is 20.9. The number of nitrogens with two attached hydrogens (primary N) is 2. The summed E-state index contributed by atoms with van der Waals surface area (Å²) >= 11 is 0. The zero-order valence-electron chi connectivity index (χ0n) is 65.7. The quantitative estimate of drug-likeness (QED) is 0.0202. The minimum Gasteiger partial charge on any atom is -0.481 e. The van der Waals surface area contributed by atoms with Crippen LogP contribution in [0.15, 0.2) is 151 Å². The SMILES string of the molecule is C=C1Nc2nc(-c3cc(OC(F)F)n(Cc4cccc(F)c4F)n3)nc(N)c2C1(C)C.C=S(N)(=O)C1CCN(c2nc(-c3cc(OC)n(Cc4ccccc4F)n3)ncc2F)CC1.CC(=O)CCCCNc1nc(-c2cc(=O)n(Cc3ccccc3F)[nH]2)ncc1F.COc1cc(-c2ncc(F)c(N3CCCCC3)n2)nn1Cc1ccccc1F. The number of aromatic amines is 1. The van der Waals surface area contributed by atoms with Crippen molar-refractivity contribution in [2.24, 2.45) is 5.14 Å². The maximum atomic E-state index is 14.5. The molecule has 2 saturated heterocycles. The number of allylic oxidation sites excluding steroid dienone is 1. The number of rotatable bonds is 25. The first-order chi connectivity index (χ1) is 57.4. The molecule has 0 aliphatic carbocycles. The largest absolute Gasteiger partial charge is 0.481 e. The molecule has 2 fully saturated rings. The maximum absolute atomic E-state index is 14.5. The molecular formula is C81H84F10N22O6S. The van der Waals surface area contributed by atoms with E-state index in [1.807, 2.05) is 18.7 Å². The van der Waals surface area contributed by atoms with E-state index in [4.69, 9.17) is 20.3 Å². The number of benzene rings is 4. The highest BCUT2D eigenvalue weighted by molar-refractivity contribution is 7.98. The first-order valence-electron chi connectivity index (χ1n) is 37.7. The molecule has 8 aromatic heterocycles. The number of fused-ring (bicyclic) bond motifs is 1. The molecule has 0 bridgehead atoms. The highest BCUT2D eigenvalue weighted by atomic mass is 32.2. The van der Waals surface area contributed by atoms with Crippen LogP contribution in [0.2, 0.25) is 0 Å². The molecule has 0 radical (unpaired) electrons. The molecule has 0 spiro atoms. The topological polar surface area (TPSA) is 339 Å². The Bertz CT molecular complexity index is 5850. The van der Waals surface area contributed by atoms with Gasteiger partial charge in [-0.1, -0.05) is 73.3 Å². The molecule has 4 aromatic carbocycles. The van der Waals surface area contributed by atoms with Gasteiger partial charge in [-0.3, -0.25) is 19.2 Å². The summed E-state index contributed by atoms with van der Waals surface area (Å²) in [6.45, 7) is 9.08. The summed E-state index contributed by atoms with van der Waals surface area (Å²) in [4.78, 5) is 60.5. The number of H-pyrrole nitrogens is 1. The van der Waals surface area contributed by atoms with E-state index in [-0.39, 0.29) is 106 Å². The number of halogens is 10. The molecule has 3 aliphatic rings. The lowest BCUT2D eigenvalue weighted by atomic mass is 9.85. The van der Waals surface area contributed by atoms with E-state index in [1.165, 1.54) is 79.2 Å². The van der Waals surface area contributed by atoms with E-state index in [0.29, 0.717) is 126 Å². The average molecular weight is 1680 g/mol. The Morgan fingerprint density at radius 3 is 1.62 bits per heavy atom. The van der Waals surface area contributed by atoms with Gasteiger partial charge in [0, 0.05) is 117 Å². The highest BCUT2D eigenvalue weighted by Crippen LogP contribution is 2.45. The highest BCUT2D eigenvalue weighted by Gasteiger charge is 2.39. The van der Waals surface area contributed by atoms with Gasteiger partial charge < -0.3 is 45.2 Å². The van der Waals surface area contributed by atoms with E-state index in [2.05, 4.69) is 88.1 Å². The molecule has 1 unspecified atom stereocenters. The number of ketones is 1. The number of alkyl halides is 2. The Labute approximate surface area is 681 Å². The van der Waals surface area contributed by atoms with Crippen molar-refractivity contribution in [1.29, 1.82) is 0 Å². The van der Waals surface area contributed by atoms with Crippen molar-refractivity contribution in [1.82, 2.24) is 79.0 Å². The van der Waals surface area contributed by atoms with Crippen LogP contribution in [0.3, 0.4) is 0 Å². The lowest BCUT2D eigenvalue weighted by Crippen LogP contribution is -2.42. The van der Waals surface area contributed by atoms with Gasteiger partial charge in [0.05, 0.1) is 59.0 Å². The predicted molar refractivity (Wildman–Crippen MR) is 431 cm³/mol. The van der Waals surface area contributed by atoms with Crippen molar-refractivity contribution in [3.05, 3.63) is 231 Å². The molecule has 120 heavy (non-hydrogen) atoms. The number of aromatic nitrogens is 16. The van der Waals surface area contributed by atoms with Crippen molar-refractivity contribution in [3.8, 4) is 63.7 Å². The van der Waals surface area contributed by atoms with E-state index < -0.39 is 56.6 Å². The maximum Gasteiger partial charge on any atom is 0.388 e. The minimum atomic E-state index is -3.16. The van der Waals surface area contributed by atoms with Gasteiger partial charge >= 0.3 is 6.61 Å². The van der Waals surface area contributed by atoms with Gasteiger partial charge in [-0.2, -0.15) is 24.1 Å². The van der Waals surface area contributed by atoms with E-state index in [0.717, 1.165) is 55.5 Å². The van der Waals surface area contributed by atoms with Crippen LogP contribution in [-0.2, 0) is 46.1 Å². The van der Waals surface area contributed by atoms with Gasteiger partial charge in [0.25, 0.3) is 5.56 Å². The lowest BCUT2D eigenvalue weighted by molar-refractivity contribution is -0.117. The van der Waals surface area contributed by atoms with Crippen LogP contribution >= 0.6 is 0 Å². The van der Waals surface area contributed by atoms with Crippen molar-refractivity contribution in [2.75, 3.05) is 73.1 Å². The summed E-state index contributed by atoms with van der Waals surface area (Å²) in [6, 6.07) is 28.4. The number of carbonyl (C=O) groups is 1. The molecule has 3 aliphatic heterocycles. The summed E-state index contributed by atoms with van der Waals surface area (Å²) in [5, 5.41) is 27.3. The fraction of sp³-hybridized carbons (Fsp3) is 0.309. The van der Waals surface area contributed by atoms with E-state index in [9.17, 15) is 57.7 Å². The molecule has 11 heterocycles. The standard InChI is InChI=1S/C21H24F2N6O2S.C20H18F4N6O.C20H21F2N5O2.C20H21F2N5O/c1-31-19-11-18(27-29(19)13-14-5-3-4-6-16(14)22)20-25-12-17(23)21(26-20)28-9-7-15(8-10-28)32(2,24)30;1-9-20(2,3)14-16(25)27-17(28-18(14)26-9)12-7-13(31-19(23)24)30(29-12)8-10-5-4-6-11(21)15(10)22;1-13(28)6-4-5-9-23-19-16(22)11-24-20(25-19)17-10-18(29)27(26-17)12-14-7-2-3-8-15(14)21;1-28-18-11-17(25-27(18)13-14-7-3-4-8-15(14)21)19-23-12-16(22)20(24-19)26-9-5-2-6-10-26/h3-6,11-12,15H,2,7-10,13H2,1H3,(H2,24,30);4-7,19H,1,8H2,2-3H3,(H3,25,26,27,28);2-3,7-8,10-11,26H,4-6,9,12H2,1H3,(H,23,24,25);3-4,7-8,11-12H,2,5-6,9-10,13H2,1H3. The average Bonchev–Trinajstić information content (AvgIpc) is 1.59. The number of hydrogen-bond acceptors (Lipinski definition) is 22. The van der Waals surface area contributed by atoms with Gasteiger partial charge in [0.2, 0.25) is 17.6 Å². The summed E-state index contributed by atoms with van der Waals surface area (Å²) < 4.78 is 171. The monoisotopic (exact) mass is 1680 g/mol. The second-order valence-electron chi connectivity index (χ2n) is 28.5. The second kappa shape index (κ2) is 38.1. The Hall–Kier alpha value is -13.1. The number of piperidine rings is 2. The fourth-order valence-corrected chi connectivity index (χ4v) is 14.3. The van der Waals surface area contributed by atoms with Gasteiger partial charge in [-0.25, -0.2) is 93.7 Å². The van der Waals surface area contributed by atoms with Crippen LogP contribution in [0.1, 0.15) is 100.0 Å². The van der Waals surface area contributed by atoms with E-state index in [1.54, 1.807) is 76.3 Å². The predicted octanol–water partition coefficient (Wildman–Crippen LogP) is 13.1. The molecule has 0 amide bonds. The summed E-state index contributed by atoms with van der Waals surface area (Å²) in [5.41, 5.74) is 8.97. The minimum absolute atomic E-state index is 0.0144. The van der Waals surface area contributed by atoms with Crippen LogP contribution in [0, 0.1) is 46.5 Å². The second-order valence-corrected chi connectivity index (χ2v) is 30.8. The number of unbranched alkanes of at least 4 members (excludes halogenated alkanes) is 1. The number of nitrogens with zero attached hydrogens (tertiary/aromatic N) is 17. The molecular weight excluding hydrogens is 1600 g/mol. The number of anilines is 5. The summed E-state index contributed by atoms with van der Waals surface area (Å²) in [7, 11) is 0.368. The number of ether oxygens (including phenoxy) is 3. The molecule has 0 saturated carbocycles. The smallest absolute Gasteiger partial charge is 0.388 e. The molecule has 630 valence electrons. The van der Waals surface area contributed by atoms with Crippen molar-refractivity contribution >= 4 is 50.5 Å². The zero-order chi connectivity index (χ0) is 85.7. The van der Waals surface area contributed by atoms with Crippen LogP contribution in [0.4, 0.5) is 73.0 Å². The molecule has 15 rings (SSSR count). The first-order valence-corrected chi connectivity index (χ1v) is 39.6. The van der Waals surface area contributed by atoms with Crippen LogP contribution in [0.5, 0.6) is 17.6 Å². The summed E-state index contributed by atoms with van der Waals surface area (Å²) in [6.07, 6.45) is 9.41. The Kier molecular flexibility index (Phi) is 27.4. The Morgan fingerprint density at radius 2 is 1.08 bits per heavy atom. The zero-order valence-corrected chi connectivity index (χ0v) is 66.5. The van der Waals surface area contributed by atoms with Gasteiger partial charge in [0.1, 0.15) is 57.6 Å². The lowest BCUT2D eigenvalue weighted by Gasteiger charge is -2.33. The van der Waals surface area contributed by atoms with Gasteiger partial charge in [0.15, 0.2) is 69.8 Å². The number of nitrogens with one attached hydrogen (secondary N) is 3. The number of nitrogen functional groups attached to an aromatic ring is 1. The molecule has 12 aromatic rings. The molecule has 39 heteroatoms. The molecule has 7 N–H and O–H groups in total. The third-order valence-corrected chi connectivity index (χ3v) is 21.4. The third-order valence-electron chi connectivity index (χ3n) is 19.8. The van der Waals surface area contributed by atoms with Crippen LogP contribution in [-0.4, -0.2) is 154 Å². The fourth-order valence-electron chi connectivity index (χ4n) is 13.3. The first kappa shape index (κ1) is 86.3. The number of carbonyl (C=O) groups excluding carboxylic acids is 1. The van der Waals surface area contributed by atoms with E-state index >= 15 is 0 Å². The van der Waals surface area contributed by atoms with Gasteiger partial charge in [-0.05, 0) is 95.9 Å². The summed E-state index contributed by atoms with van der Waals surface area (Å²) in [5.74, 6) is 1.07. The number of Topliss-reactive ketones (excluding diaryl/α,β-unsaturated/α-hetero) is 1. The van der Waals surface area contributed by atoms with Crippen molar-refractivity contribution < 1.29 is 67.1 Å². The van der Waals surface area contributed by atoms with Crippen LogP contribution in [0.25, 0.3) is 46.1 Å². The van der Waals surface area contributed by atoms with Crippen molar-refractivity contribution in [2.45, 2.75) is 116 Å².